The second-order valence-corrected chi connectivity index (χ2v) is 5.72. The fourth-order valence-corrected chi connectivity index (χ4v) is 2.36. The smallest absolute Gasteiger partial charge is 0.337 e. The molecule has 2 amide bonds. The molecular formula is C20H22N2O6. The first kappa shape index (κ1) is 20.8. The van der Waals surface area contributed by atoms with Gasteiger partial charge in [0.05, 0.1) is 26.9 Å². The van der Waals surface area contributed by atoms with Gasteiger partial charge >= 0.3 is 5.97 Å². The number of hydrogen-bond donors (Lipinski definition) is 2. The van der Waals surface area contributed by atoms with Crippen molar-refractivity contribution in [2.24, 2.45) is 0 Å². The molecule has 28 heavy (non-hydrogen) atoms. The van der Waals surface area contributed by atoms with Crippen molar-refractivity contribution in [2.45, 2.75) is 6.42 Å². The predicted molar refractivity (Wildman–Crippen MR) is 103 cm³/mol. The minimum Gasteiger partial charge on any atom is -0.497 e. The number of carbonyl (C=O) groups is 3. The van der Waals surface area contributed by atoms with Crippen LogP contribution in [0, 0.1) is 0 Å². The van der Waals surface area contributed by atoms with E-state index in [1.807, 2.05) is 0 Å². The third-order valence-corrected chi connectivity index (χ3v) is 3.84. The summed E-state index contributed by atoms with van der Waals surface area (Å²) in [6.45, 7) is 0.157. The van der Waals surface area contributed by atoms with Crippen molar-refractivity contribution < 1.29 is 28.6 Å². The Balaban J connectivity index is 1.85. The predicted octanol–water partition coefficient (Wildman–Crippen LogP) is 2.25. The first-order chi connectivity index (χ1) is 13.5. The molecule has 0 spiro atoms. The van der Waals surface area contributed by atoms with Crippen LogP contribution in [0.4, 0.5) is 5.69 Å². The zero-order valence-corrected chi connectivity index (χ0v) is 15.9. The molecule has 0 aliphatic rings. The maximum Gasteiger partial charge on any atom is 0.337 e. The third-order valence-electron chi connectivity index (χ3n) is 3.84. The van der Waals surface area contributed by atoms with Crippen LogP contribution < -0.4 is 20.1 Å². The van der Waals surface area contributed by atoms with Gasteiger partial charge in [-0.3, -0.25) is 9.59 Å². The van der Waals surface area contributed by atoms with Gasteiger partial charge in [-0.25, -0.2) is 4.79 Å². The summed E-state index contributed by atoms with van der Waals surface area (Å²) in [4.78, 5) is 35.6. The number of esters is 1. The standard InChI is InChI=1S/C20H22N2O6/c1-26-16-10-14(11-17(12-16)27-2)19(24)21-9-8-18(23)22-15-6-4-13(5-7-15)20(25)28-3/h4-7,10-12H,8-9H2,1-3H3,(H,21,24)(H,22,23). The van der Waals surface area contributed by atoms with Crippen molar-refractivity contribution >= 4 is 23.5 Å². The molecule has 0 heterocycles. The normalized spacial score (nSPS) is 9.96. The van der Waals surface area contributed by atoms with Gasteiger partial charge in [0.25, 0.3) is 5.91 Å². The van der Waals surface area contributed by atoms with Crippen molar-refractivity contribution in [3.63, 3.8) is 0 Å². The molecule has 0 saturated heterocycles. The molecule has 0 aliphatic heterocycles. The average molecular weight is 386 g/mol. The highest BCUT2D eigenvalue weighted by atomic mass is 16.5. The van der Waals surface area contributed by atoms with Gasteiger partial charge in [0.2, 0.25) is 5.91 Å². The molecular weight excluding hydrogens is 364 g/mol. The van der Waals surface area contributed by atoms with Crippen LogP contribution in [0.5, 0.6) is 11.5 Å². The summed E-state index contributed by atoms with van der Waals surface area (Å²) in [5, 5.41) is 5.37. The maximum absolute atomic E-state index is 12.3. The van der Waals surface area contributed by atoms with E-state index in [4.69, 9.17) is 9.47 Å². The van der Waals surface area contributed by atoms with E-state index in [1.165, 1.54) is 21.3 Å². The minimum atomic E-state index is -0.449. The third kappa shape index (κ3) is 5.73. The fraction of sp³-hybridized carbons (Fsp3) is 0.250. The van der Waals surface area contributed by atoms with Gasteiger partial charge in [-0.15, -0.1) is 0 Å². The van der Waals surface area contributed by atoms with Crippen molar-refractivity contribution in [1.82, 2.24) is 5.32 Å². The summed E-state index contributed by atoms with van der Waals surface area (Å²) >= 11 is 0. The van der Waals surface area contributed by atoms with E-state index in [0.717, 1.165) is 0 Å². The average Bonchev–Trinajstić information content (AvgIpc) is 2.73. The quantitative estimate of drug-likeness (QED) is 0.675. The summed E-state index contributed by atoms with van der Waals surface area (Å²) in [5.41, 5.74) is 1.30. The number of rotatable bonds is 8. The van der Waals surface area contributed by atoms with Crippen LogP contribution in [0.15, 0.2) is 42.5 Å². The van der Waals surface area contributed by atoms with Gasteiger partial charge in [-0.2, -0.15) is 0 Å². The molecule has 0 unspecified atom stereocenters. The maximum atomic E-state index is 12.3. The Morgan fingerprint density at radius 2 is 1.46 bits per heavy atom. The molecule has 2 aromatic carbocycles. The van der Waals surface area contributed by atoms with Crippen LogP contribution in [0.3, 0.4) is 0 Å². The van der Waals surface area contributed by atoms with E-state index in [2.05, 4.69) is 15.4 Å². The molecule has 148 valence electrons. The first-order valence-corrected chi connectivity index (χ1v) is 8.46. The van der Waals surface area contributed by atoms with Gasteiger partial charge in [0.1, 0.15) is 11.5 Å². The van der Waals surface area contributed by atoms with Crippen LogP contribution in [-0.4, -0.2) is 45.7 Å². The Morgan fingerprint density at radius 3 is 2.00 bits per heavy atom. The van der Waals surface area contributed by atoms with Crippen LogP contribution in [0.1, 0.15) is 27.1 Å². The van der Waals surface area contributed by atoms with Crippen LogP contribution >= 0.6 is 0 Å². The molecule has 0 bridgehead atoms. The minimum absolute atomic E-state index is 0.0889. The number of carbonyl (C=O) groups excluding carboxylic acids is 3. The molecule has 0 atom stereocenters. The topological polar surface area (TPSA) is 103 Å². The molecule has 0 saturated carbocycles. The molecule has 0 fully saturated rings. The lowest BCUT2D eigenvalue weighted by Crippen LogP contribution is -2.27. The van der Waals surface area contributed by atoms with Gasteiger partial charge in [-0.1, -0.05) is 0 Å². The van der Waals surface area contributed by atoms with E-state index >= 15 is 0 Å². The number of methoxy groups -OCH3 is 3. The van der Waals surface area contributed by atoms with Crippen LogP contribution in [-0.2, 0) is 9.53 Å². The summed E-state index contributed by atoms with van der Waals surface area (Å²) < 4.78 is 14.9. The van der Waals surface area contributed by atoms with Gasteiger partial charge in [0, 0.05) is 30.3 Å². The number of ether oxygens (including phenoxy) is 3. The summed E-state index contributed by atoms with van der Waals surface area (Å²) in [5.74, 6) is -0.0631. The van der Waals surface area contributed by atoms with Crippen molar-refractivity contribution in [2.75, 3.05) is 33.2 Å². The number of hydrogen-bond acceptors (Lipinski definition) is 6. The number of benzene rings is 2. The van der Waals surface area contributed by atoms with Gasteiger partial charge in [-0.05, 0) is 36.4 Å². The van der Waals surface area contributed by atoms with Crippen molar-refractivity contribution in [3.05, 3.63) is 53.6 Å². The Kier molecular flexibility index (Phi) is 7.38. The molecule has 2 aromatic rings. The van der Waals surface area contributed by atoms with Gasteiger partial charge < -0.3 is 24.8 Å². The summed E-state index contributed by atoms with van der Waals surface area (Å²) in [6, 6.07) is 11.1. The second kappa shape index (κ2) is 9.96. The lowest BCUT2D eigenvalue weighted by Gasteiger charge is -2.10. The Morgan fingerprint density at radius 1 is 0.857 bits per heavy atom. The van der Waals surface area contributed by atoms with Crippen LogP contribution in [0.25, 0.3) is 0 Å². The summed E-state index contributed by atoms with van der Waals surface area (Å²) in [7, 11) is 4.30. The molecule has 0 aromatic heterocycles. The zero-order valence-electron chi connectivity index (χ0n) is 15.9. The van der Waals surface area contributed by atoms with Crippen molar-refractivity contribution in [1.29, 1.82) is 0 Å². The number of anilines is 1. The van der Waals surface area contributed by atoms with E-state index in [1.54, 1.807) is 42.5 Å². The highest BCUT2D eigenvalue weighted by molar-refractivity contribution is 5.96. The molecule has 2 N–H and O–H groups in total. The molecule has 8 nitrogen and oxygen atoms in total. The number of nitrogens with one attached hydrogen (secondary N) is 2. The van der Waals surface area contributed by atoms with Gasteiger partial charge in [0.15, 0.2) is 0 Å². The van der Waals surface area contributed by atoms with E-state index < -0.39 is 5.97 Å². The highest BCUT2D eigenvalue weighted by Crippen LogP contribution is 2.22. The van der Waals surface area contributed by atoms with E-state index in [0.29, 0.717) is 28.3 Å². The Bertz CT molecular complexity index is 826. The van der Waals surface area contributed by atoms with Crippen molar-refractivity contribution in [3.8, 4) is 11.5 Å². The Hall–Kier alpha value is -3.55. The molecule has 2 rings (SSSR count). The Labute approximate surface area is 162 Å². The summed E-state index contributed by atoms with van der Waals surface area (Å²) in [6.07, 6.45) is 0.0889. The lowest BCUT2D eigenvalue weighted by atomic mass is 10.2. The van der Waals surface area contributed by atoms with E-state index in [9.17, 15) is 14.4 Å². The lowest BCUT2D eigenvalue weighted by molar-refractivity contribution is -0.116. The fourth-order valence-electron chi connectivity index (χ4n) is 2.36. The van der Waals surface area contributed by atoms with Crippen LogP contribution in [0.2, 0.25) is 0 Å². The largest absolute Gasteiger partial charge is 0.497 e. The zero-order chi connectivity index (χ0) is 20.5. The highest BCUT2D eigenvalue weighted by Gasteiger charge is 2.11. The molecule has 0 aliphatic carbocycles. The van der Waals surface area contributed by atoms with E-state index in [-0.39, 0.29) is 24.8 Å². The molecule has 0 radical (unpaired) electrons. The monoisotopic (exact) mass is 386 g/mol. The number of amides is 2. The first-order valence-electron chi connectivity index (χ1n) is 8.46. The SMILES string of the molecule is COC(=O)c1ccc(NC(=O)CCNC(=O)c2cc(OC)cc(OC)c2)cc1. The second-order valence-electron chi connectivity index (χ2n) is 5.72. The molecule has 8 heteroatoms.